The second kappa shape index (κ2) is 5.29. The lowest BCUT2D eigenvalue weighted by Gasteiger charge is -2.04. The van der Waals surface area contributed by atoms with Crippen LogP contribution in [0, 0.1) is 6.92 Å². The molecule has 0 N–H and O–H groups in total. The van der Waals surface area contributed by atoms with Gasteiger partial charge < -0.3 is 12.6 Å². The topological polar surface area (TPSA) is 21.7 Å². The van der Waals surface area contributed by atoms with E-state index in [0.717, 1.165) is 12.4 Å². The van der Waals surface area contributed by atoms with Crippen LogP contribution >= 0.6 is 0 Å². The molecule has 3 nitrogen and oxygen atoms in total. The Hall–Kier alpha value is -0.640. The van der Waals surface area contributed by atoms with Gasteiger partial charge in [0, 0.05) is 12.0 Å². The molecule has 80 valence electrons. The van der Waals surface area contributed by atoms with E-state index in [4.69, 9.17) is 12.6 Å². The molecule has 0 radical (unpaired) electrons. The molecule has 0 fully saturated rings. The van der Waals surface area contributed by atoms with Crippen molar-refractivity contribution in [2.45, 2.75) is 51.2 Å². The van der Waals surface area contributed by atoms with E-state index in [-0.39, 0.29) is 0 Å². The first-order valence-corrected chi connectivity index (χ1v) is 5.68. The van der Waals surface area contributed by atoms with Crippen LogP contribution in [-0.2, 0) is 26.2 Å². The molecular formula is C10H19N3S. The Labute approximate surface area is 91.5 Å². The molecular weight excluding hydrogens is 194 g/mol. The zero-order chi connectivity index (χ0) is 10.6. The van der Waals surface area contributed by atoms with Crippen molar-refractivity contribution in [3.8, 4) is 0 Å². The molecule has 1 rings (SSSR count). The lowest BCUT2D eigenvalue weighted by atomic mass is 10.2. The van der Waals surface area contributed by atoms with Gasteiger partial charge in [-0.2, -0.15) is 0 Å². The van der Waals surface area contributed by atoms with E-state index < -0.39 is 0 Å². The van der Waals surface area contributed by atoms with Crippen LogP contribution in [0.3, 0.4) is 0 Å². The van der Waals surface area contributed by atoms with Gasteiger partial charge in [0.15, 0.2) is 5.16 Å². The number of hydrogen-bond acceptors (Lipinski definition) is 2. The van der Waals surface area contributed by atoms with Crippen molar-refractivity contribution in [2.75, 3.05) is 0 Å². The predicted octanol–water partition coefficient (Wildman–Crippen LogP) is 1.50. The van der Waals surface area contributed by atoms with E-state index >= 15 is 0 Å². The molecule has 0 bridgehead atoms. The van der Waals surface area contributed by atoms with Crippen LogP contribution in [0.4, 0.5) is 0 Å². The van der Waals surface area contributed by atoms with E-state index in [2.05, 4.69) is 23.5 Å². The van der Waals surface area contributed by atoms with E-state index in [1.807, 2.05) is 11.7 Å². The average molecular weight is 213 g/mol. The van der Waals surface area contributed by atoms with Gasteiger partial charge in [0.1, 0.15) is 0 Å². The lowest BCUT2D eigenvalue weighted by Crippen LogP contribution is -2.38. The quantitative estimate of drug-likeness (QED) is 0.420. The second-order valence-electron chi connectivity index (χ2n) is 3.67. The van der Waals surface area contributed by atoms with Crippen LogP contribution in [0.5, 0.6) is 0 Å². The molecule has 0 spiro atoms. The molecule has 0 saturated heterocycles. The van der Waals surface area contributed by atoms with Gasteiger partial charge in [-0.15, -0.1) is 4.68 Å². The smallest absolute Gasteiger partial charge is 0.231 e. The Kier molecular flexibility index (Phi) is 4.32. The van der Waals surface area contributed by atoms with E-state index in [9.17, 15) is 0 Å². The molecule has 0 saturated carbocycles. The zero-order valence-electron chi connectivity index (χ0n) is 9.29. The first-order valence-electron chi connectivity index (χ1n) is 5.27. The molecule has 0 aliphatic carbocycles. The largest absolute Gasteiger partial charge is 0.703 e. The number of aryl methyl sites for hydroxylation is 1. The Morgan fingerprint density at radius 1 is 1.36 bits per heavy atom. The molecule has 0 unspecified atom stereocenters. The third-order valence-corrected chi connectivity index (χ3v) is 2.86. The van der Waals surface area contributed by atoms with Gasteiger partial charge in [-0.3, -0.25) is 4.57 Å². The monoisotopic (exact) mass is 213 g/mol. The molecule has 14 heavy (non-hydrogen) atoms. The van der Waals surface area contributed by atoms with Crippen LogP contribution in [0.15, 0.2) is 5.16 Å². The molecule has 0 aromatic carbocycles. The highest BCUT2D eigenvalue weighted by Gasteiger charge is 2.10. The first-order chi connectivity index (χ1) is 6.66. The zero-order valence-corrected chi connectivity index (χ0v) is 10.1. The number of unbranched alkanes of at least 4 members (excludes halogenated alkanes) is 3. The maximum Gasteiger partial charge on any atom is 0.231 e. The van der Waals surface area contributed by atoms with Gasteiger partial charge in [0.25, 0.3) is 0 Å². The fraction of sp³-hybridized carbons (Fsp3) is 0.800. The summed E-state index contributed by atoms with van der Waals surface area (Å²) < 4.78 is 3.97. The Bertz CT molecular complexity index is 294. The third-order valence-electron chi connectivity index (χ3n) is 2.56. The number of rotatable bonds is 5. The van der Waals surface area contributed by atoms with Gasteiger partial charge in [-0.1, -0.05) is 26.2 Å². The van der Waals surface area contributed by atoms with Gasteiger partial charge in [-0.05, 0) is 6.42 Å². The van der Waals surface area contributed by atoms with Crippen LogP contribution in [-0.4, -0.2) is 9.78 Å². The first kappa shape index (κ1) is 11.4. The summed E-state index contributed by atoms with van der Waals surface area (Å²) in [7, 11) is 1.94. The fourth-order valence-electron chi connectivity index (χ4n) is 1.52. The molecule has 1 heterocycles. The van der Waals surface area contributed by atoms with Crippen molar-refractivity contribution < 1.29 is 4.57 Å². The van der Waals surface area contributed by atoms with E-state index in [0.29, 0.717) is 5.16 Å². The maximum absolute atomic E-state index is 5.17. The molecule has 0 aliphatic rings. The highest BCUT2D eigenvalue weighted by atomic mass is 32.1. The second-order valence-corrected chi connectivity index (χ2v) is 4.03. The summed E-state index contributed by atoms with van der Waals surface area (Å²) in [6, 6.07) is 0. The highest BCUT2D eigenvalue weighted by molar-refractivity contribution is 7.58. The SMILES string of the molecule is CCCCCC[n+]1c([S-])nn(C)c1C. The standard InChI is InChI=1S/C10H19N3S/c1-4-5-6-7-8-13-9(2)12(3)11-10(13)14/h4-8H2,1-3H3. The normalized spacial score (nSPS) is 10.8. The minimum absolute atomic E-state index is 0.710. The number of nitrogens with zero attached hydrogens (tertiary/aromatic N) is 3. The molecule has 1 aromatic rings. The minimum Gasteiger partial charge on any atom is -0.703 e. The third kappa shape index (κ3) is 2.67. The summed E-state index contributed by atoms with van der Waals surface area (Å²) >= 11 is 5.17. The van der Waals surface area contributed by atoms with Crippen LogP contribution in [0.2, 0.25) is 0 Å². The highest BCUT2D eigenvalue weighted by Crippen LogP contribution is 2.00. The molecule has 0 atom stereocenters. The molecule has 1 aromatic heterocycles. The van der Waals surface area contributed by atoms with Gasteiger partial charge in [0.05, 0.1) is 13.6 Å². The number of hydrogen-bond donors (Lipinski definition) is 0. The van der Waals surface area contributed by atoms with Crippen LogP contribution in [0.1, 0.15) is 38.4 Å². The Balaban J connectivity index is 2.49. The van der Waals surface area contributed by atoms with E-state index in [1.165, 1.54) is 25.7 Å². The summed E-state index contributed by atoms with van der Waals surface area (Å²) in [6.07, 6.45) is 5.07. The van der Waals surface area contributed by atoms with Crippen LogP contribution in [0.25, 0.3) is 0 Å². The summed E-state index contributed by atoms with van der Waals surface area (Å²) in [4.78, 5) is 0. The van der Waals surface area contributed by atoms with Gasteiger partial charge in [0.2, 0.25) is 5.82 Å². The molecule has 0 aliphatic heterocycles. The van der Waals surface area contributed by atoms with Crippen molar-refractivity contribution in [3.63, 3.8) is 0 Å². The van der Waals surface area contributed by atoms with Crippen molar-refractivity contribution in [1.82, 2.24) is 9.78 Å². The molecule has 0 amide bonds. The summed E-state index contributed by atoms with van der Waals surface area (Å²) in [6.45, 7) is 5.29. The molecule has 4 heteroatoms. The predicted molar refractivity (Wildman–Crippen MR) is 57.9 cm³/mol. The Morgan fingerprint density at radius 2 is 2.07 bits per heavy atom. The fourth-order valence-corrected chi connectivity index (χ4v) is 1.87. The summed E-state index contributed by atoms with van der Waals surface area (Å²) in [5.41, 5.74) is 0. The van der Waals surface area contributed by atoms with Gasteiger partial charge in [-0.25, -0.2) is 0 Å². The van der Waals surface area contributed by atoms with Crippen molar-refractivity contribution in [3.05, 3.63) is 5.82 Å². The number of aromatic nitrogens is 3. The summed E-state index contributed by atoms with van der Waals surface area (Å²) in [5.74, 6) is 1.14. The lowest BCUT2D eigenvalue weighted by molar-refractivity contribution is -0.739. The van der Waals surface area contributed by atoms with Crippen molar-refractivity contribution in [1.29, 1.82) is 0 Å². The summed E-state index contributed by atoms with van der Waals surface area (Å²) in [5, 5.41) is 4.91. The van der Waals surface area contributed by atoms with Gasteiger partial charge >= 0.3 is 0 Å². The van der Waals surface area contributed by atoms with Crippen molar-refractivity contribution >= 4 is 12.6 Å². The minimum atomic E-state index is 0.710. The average Bonchev–Trinajstić information content (AvgIpc) is 2.38. The van der Waals surface area contributed by atoms with E-state index in [1.54, 1.807) is 0 Å². The maximum atomic E-state index is 5.17. The van der Waals surface area contributed by atoms with Crippen molar-refractivity contribution in [2.24, 2.45) is 7.05 Å². The van der Waals surface area contributed by atoms with Crippen LogP contribution < -0.4 is 4.57 Å². The Morgan fingerprint density at radius 3 is 2.57 bits per heavy atom.